The van der Waals surface area contributed by atoms with E-state index in [2.05, 4.69) is 25.6 Å². The number of H-pyrrole nitrogens is 1. The van der Waals surface area contributed by atoms with Gasteiger partial charge in [0.25, 0.3) is 0 Å². The average Bonchev–Trinajstić information content (AvgIpc) is 3.45. The lowest BCUT2D eigenvalue weighted by molar-refractivity contribution is -0.137. The molecule has 1 atom stereocenters. The number of aliphatic carboxylic acids is 1. The highest BCUT2D eigenvalue weighted by molar-refractivity contribution is 5.80. The van der Waals surface area contributed by atoms with Gasteiger partial charge in [0.1, 0.15) is 18.2 Å². The fourth-order valence-electron chi connectivity index (χ4n) is 3.99. The molecule has 0 radical (unpaired) electrons. The number of para-hydroxylation sites is 2. The molecule has 0 fully saturated rings. The number of nitrogens with one attached hydrogen (secondary N) is 2. The van der Waals surface area contributed by atoms with Crippen molar-refractivity contribution in [3.05, 3.63) is 77.6 Å². The number of carboxylic acids is 1. The standard InChI is InChI=1S/C25H27FN6O3/c26-19-9-7-17(8-10-19)18(13-25(34)35)12-21(33)16-32-15-20(30-31-32)4-3-11-27-14-24-28-22-5-1-2-6-23(22)29-24/h1-2,5-10,15,18,27H,3-4,11-14,16H2,(H,28,29)(H,34,35)/t18-/m0/s1. The van der Waals surface area contributed by atoms with Crippen LogP contribution in [0.15, 0.2) is 54.7 Å². The number of aryl methyl sites for hydroxylation is 1. The fraction of sp³-hybridized carbons (Fsp3) is 0.320. The Bertz CT molecular complexity index is 1250. The first-order valence-electron chi connectivity index (χ1n) is 11.5. The summed E-state index contributed by atoms with van der Waals surface area (Å²) in [7, 11) is 0. The third-order valence-corrected chi connectivity index (χ3v) is 5.68. The lowest BCUT2D eigenvalue weighted by atomic mass is 9.90. The average molecular weight is 479 g/mol. The van der Waals surface area contributed by atoms with E-state index >= 15 is 0 Å². The highest BCUT2D eigenvalue weighted by Gasteiger charge is 2.20. The molecule has 182 valence electrons. The maximum Gasteiger partial charge on any atom is 0.303 e. The van der Waals surface area contributed by atoms with Gasteiger partial charge >= 0.3 is 5.97 Å². The van der Waals surface area contributed by atoms with Crippen LogP contribution in [-0.4, -0.2) is 48.4 Å². The van der Waals surface area contributed by atoms with Gasteiger partial charge in [-0.1, -0.05) is 29.5 Å². The summed E-state index contributed by atoms with van der Waals surface area (Å²) in [4.78, 5) is 31.6. The van der Waals surface area contributed by atoms with E-state index in [9.17, 15) is 19.1 Å². The molecule has 35 heavy (non-hydrogen) atoms. The molecule has 9 nitrogen and oxygen atoms in total. The van der Waals surface area contributed by atoms with Crippen LogP contribution in [0.2, 0.25) is 0 Å². The highest BCUT2D eigenvalue weighted by atomic mass is 19.1. The summed E-state index contributed by atoms with van der Waals surface area (Å²) in [6, 6.07) is 13.5. The highest BCUT2D eigenvalue weighted by Crippen LogP contribution is 2.24. The molecule has 0 unspecified atom stereocenters. The lowest BCUT2D eigenvalue weighted by Crippen LogP contribution is -2.16. The summed E-state index contributed by atoms with van der Waals surface area (Å²) >= 11 is 0. The first-order valence-corrected chi connectivity index (χ1v) is 11.5. The van der Waals surface area contributed by atoms with Gasteiger partial charge in [0.05, 0.1) is 29.7 Å². The topological polar surface area (TPSA) is 126 Å². The minimum atomic E-state index is -1.01. The molecule has 4 rings (SSSR count). The first kappa shape index (κ1) is 24.2. The molecule has 2 heterocycles. The second-order valence-electron chi connectivity index (χ2n) is 8.48. The molecule has 0 bridgehead atoms. The van der Waals surface area contributed by atoms with Gasteiger partial charge in [0.2, 0.25) is 0 Å². The van der Waals surface area contributed by atoms with Gasteiger partial charge in [-0.25, -0.2) is 14.1 Å². The molecule has 0 aliphatic heterocycles. The number of carboxylic acid groups (broad SMARTS) is 1. The van der Waals surface area contributed by atoms with E-state index in [0.29, 0.717) is 18.5 Å². The summed E-state index contributed by atoms with van der Waals surface area (Å²) < 4.78 is 14.7. The van der Waals surface area contributed by atoms with Crippen molar-refractivity contribution >= 4 is 22.8 Å². The number of rotatable bonds is 13. The molecule has 0 aliphatic carbocycles. The third kappa shape index (κ3) is 7.03. The van der Waals surface area contributed by atoms with Crippen LogP contribution in [0.25, 0.3) is 11.0 Å². The summed E-state index contributed by atoms with van der Waals surface area (Å²) in [5.41, 5.74) is 3.37. The Balaban J connectivity index is 1.21. The minimum absolute atomic E-state index is 0.00855. The number of hydrogen-bond acceptors (Lipinski definition) is 6. The van der Waals surface area contributed by atoms with E-state index in [1.165, 1.54) is 28.9 Å². The monoisotopic (exact) mass is 478 g/mol. The van der Waals surface area contributed by atoms with Crippen LogP contribution in [0.1, 0.15) is 42.3 Å². The number of Topliss-reactive ketones (excluding diaryl/α,β-unsaturated/α-hetero) is 1. The van der Waals surface area contributed by atoms with Crippen LogP contribution >= 0.6 is 0 Å². The zero-order valence-corrected chi connectivity index (χ0v) is 19.2. The van der Waals surface area contributed by atoms with Gasteiger partial charge in [-0.2, -0.15) is 0 Å². The Hall–Kier alpha value is -3.92. The molecule has 0 amide bonds. The van der Waals surface area contributed by atoms with Gasteiger partial charge in [0, 0.05) is 18.5 Å². The normalized spacial score (nSPS) is 12.1. The van der Waals surface area contributed by atoms with Crippen LogP contribution in [-0.2, 0) is 29.1 Å². The molecule has 0 saturated heterocycles. The van der Waals surface area contributed by atoms with Crippen LogP contribution < -0.4 is 5.32 Å². The summed E-state index contributed by atoms with van der Waals surface area (Å²) in [5, 5.41) is 20.7. The van der Waals surface area contributed by atoms with Crippen molar-refractivity contribution < 1.29 is 19.1 Å². The zero-order chi connectivity index (χ0) is 24.6. The maximum atomic E-state index is 13.2. The lowest BCUT2D eigenvalue weighted by Gasteiger charge is -2.14. The number of imidazole rings is 1. The number of carbonyl (C=O) groups excluding carboxylic acids is 1. The predicted molar refractivity (Wildman–Crippen MR) is 127 cm³/mol. The molecule has 0 saturated carbocycles. The van der Waals surface area contributed by atoms with Crippen molar-refractivity contribution in [1.29, 1.82) is 0 Å². The minimum Gasteiger partial charge on any atom is -0.481 e. The number of benzene rings is 2. The van der Waals surface area contributed by atoms with Crippen molar-refractivity contribution in [3.8, 4) is 0 Å². The Kier molecular flexibility index (Phi) is 7.94. The van der Waals surface area contributed by atoms with Crippen LogP contribution in [0, 0.1) is 5.82 Å². The van der Waals surface area contributed by atoms with E-state index in [4.69, 9.17) is 0 Å². The fourth-order valence-corrected chi connectivity index (χ4v) is 3.99. The molecule has 4 aromatic rings. The van der Waals surface area contributed by atoms with Crippen molar-refractivity contribution in [1.82, 2.24) is 30.3 Å². The predicted octanol–water partition coefficient (Wildman–Crippen LogP) is 3.23. The second-order valence-corrected chi connectivity index (χ2v) is 8.48. The van der Waals surface area contributed by atoms with E-state index in [1.807, 2.05) is 24.3 Å². The van der Waals surface area contributed by atoms with Gasteiger partial charge in [-0.3, -0.25) is 9.59 Å². The second kappa shape index (κ2) is 11.5. The molecule has 2 aromatic heterocycles. The number of nitrogens with zero attached hydrogens (tertiary/aromatic N) is 4. The number of hydrogen-bond donors (Lipinski definition) is 3. The third-order valence-electron chi connectivity index (χ3n) is 5.68. The maximum absolute atomic E-state index is 13.2. The Labute approximate surface area is 201 Å². The van der Waals surface area contributed by atoms with Crippen LogP contribution in [0.5, 0.6) is 0 Å². The smallest absolute Gasteiger partial charge is 0.303 e. The van der Waals surface area contributed by atoms with Crippen molar-refractivity contribution in [3.63, 3.8) is 0 Å². The summed E-state index contributed by atoms with van der Waals surface area (Å²) in [5.74, 6) is -1.22. The Morgan fingerprint density at radius 2 is 1.91 bits per heavy atom. The van der Waals surface area contributed by atoms with E-state index < -0.39 is 17.7 Å². The number of aromatic nitrogens is 5. The number of fused-ring (bicyclic) bond motifs is 1. The number of aromatic amines is 1. The SMILES string of the molecule is O=C(O)C[C@H](CC(=O)Cn1cc(CCCNCc2nc3ccccc3[nH]2)nn1)c1ccc(F)cc1. The molecule has 10 heteroatoms. The van der Waals surface area contributed by atoms with Crippen molar-refractivity contribution in [2.75, 3.05) is 6.54 Å². The van der Waals surface area contributed by atoms with Gasteiger partial charge in [0.15, 0.2) is 5.78 Å². The molecule has 0 spiro atoms. The summed E-state index contributed by atoms with van der Waals surface area (Å²) in [6.45, 7) is 1.42. The zero-order valence-electron chi connectivity index (χ0n) is 19.2. The number of carbonyl (C=O) groups is 2. The van der Waals surface area contributed by atoms with Crippen molar-refractivity contribution in [2.24, 2.45) is 0 Å². The Morgan fingerprint density at radius 1 is 1.11 bits per heavy atom. The van der Waals surface area contributed by atoms with Crippen molar-refractivity contribution in [2.45, 2.75) is 44.7 Å². The summed E-state index contributed by atoms with van der Waals surface area (Å²) in [6.07, 6.45) is 3.11. The molecule has 2 aromatic carbocycles. The first-order chi connectivity index (χ1) is 17.0. The Morgan fingerprint density at radius 3 is 2.69 bits per heavy atom. The largest absolute Gasteiger partial charge is 0.481 e. The van der Waals surface area contributed by atoms with E-state index in [0.717, 1.165) is 35.5 Å². The molecule has 0 aliphatic rings. The van der Waals surface area contributed by atoms with Gasteiger partial charge in [-0.15, -0.1) is 5.10 Å². The number of ketones is 1. The number of halogens is 1. The quantitative estimate of drug-likeness (QED) is 0.252. The van der Waals surface area contributed by atoms with E-state index in [1.54, 1.807) is 6.20 Å². The van der Waals surface area contributed by atoms with E-state index in [-0.39, 0.29) is 25.2 Å². The van der Waals surface area contributed by atoms with Gasteiger partial charge in [-0.05, 0) is 49.2 Å². The van der Waals surface area contributed by atoms with Gasteiger partial charge < -0.3 is 15.4 Å². The molecular weight excluding hydrogens is 451 g/mol. The molecule has 3 N–H and O–H groups in total. The van der Waals surface area contributed by atoms with Crippen LogP contribution in [0.3, 0.4) is 0 Å². The molecular formula is C25H27FN6O3. The van der Waals surface area contributed by atoms with Crippen LogP contribution in [0.4, 0.5) is 4.39 Å².